The van der Waals surface area contributed by atoms with Gasteiger partial charge < -0.3 is 4.90 Å². The smallest absolute Gasteiger partial charge is 0.235 e. The summed E-state index contributed by atoms with van der Waals surface area (Å²) in [6.45, 7) is 1.76. The van der Waals surface area contributed by atoms with Crippen LogP contribution in [0.15, 0.2) is 30.3 Å². The fraction of sp³-hybridized carbons (Fsp3) is 0.500. The second-order valence-electron chi connectivity index (χ2n) is 4.50. The van der Waals surface area contributed by atoms with Gasteiger partial charge in [0.2, 0.25) is 5.91 Å². The molecule has 0 bridgehead atoms. The van der Waals surface area contributed by atoms with Crippen molar-refractivity contribution < 1.29 is 4.79 Å². The fourth-order valence-electron chi connectivity index (χ4n) is 2.10. The predicted molar refractivity (Wildman–Crippen MR) is 81.4 cm³/mol. The van der Waals surface area contributed by atoms with Crippen molar-refractivity contribution >= 4 is 30.3 Å². The number of hydrogen-bond donors (Lipinski definition) is 1. The largest absolute Gasteiger partial charge is 0.341 e. The molecule has 98 valence electrons. The van der Waals surface area contributed by atoms with E-state index in [-0.39, 0.29) is 11.2 Å². The minimum atomic E-state index is -0.213. The first-order chi connectivity index (χ1) is 8.77. The lowest BCUT2D eigenvalue weighted by atomic mass is 10.1. The Balaban J connectivity index is 1.91. The lowest BCUT2D eigenvalue weighted by Crippen LogP contribution is -2.39. The highest BCUT2D eigenvalue weighted by molar-refractivity contribution is 7.99. The maximum absolute atomic E-state index is 12.3. The van der Waals surface area contributed by atoms with E-state index in [4.69, 9.17) is 0 Å². The van der Waals surface area contributed by atoms with Crippen LogP contribution >= 0.6 is 24.4 Å². The quantitative estimate of drug-likeness (QED) is 0.859. The van der Waals surface area contributed by atoms with E-state index >= 15 is 0 Å². The monoisotopic (exact) mass is 281 g/mol. The molecule has 0 radical (unpaired) electrons. The molecular formula is C14H19NOS2. The highest BCUT2D eigenvalue weighted by Crippen LogP contribution is 2.15. The molecule has 2 nitrogen and oxygen atoms in total. The molecule has 0 N–H and O–H groups in total. The Hall–Kier alpha value is -0.610. The summed E-state index contributed by atoms with van der Waals surface area (Å²) in [5.41, 5.74) is 1.18. The third-order valence-electron chi connectivity index (χ3n) is 3.09. The molecule has 1 fully saturated rings. The van der Waals surface area contributed by atoms with Crippen LogP contribution in [0.3, 0.4) is 0 Å². The molecular weight excluding hydrogens is 262 g/mol. The van der Waals surface area contributed by atoms with E-state index < -0.39 is 0 Å². The average molecular weight is 281 g/mol. The molecule has 0 aliphatic carbocycles. The fourth-order valence-corrected chi connectivity index (χ4v) is 3.36. The van der Waals surface area contributed by atoms with Crippen molar-refractivity contribution in [1.82, 2.24) is 4.90 Å². The van der Waals surface area contributed by atoms with Crippen molar-refractivity contribution in [2.75, 3.05) is 24.6 Å². The number of amides is 1. The molecule has 2 rings (SSSR count). The Bertz CT molecular complexity index is 375. The second-order valence-corrected chi connectivity index (χ2v) is 6.34. The number of carbonyl (C=O) groups excluding carboxylic acids is 1. The zero-order chi connectivity index (χ0) is 12.8. The van der Waals surface area contributed by atoms with Gasteiger partial charge in [-0.3, -0.25) is 4.79 Å². The van der Waals surface area contributed by atoms with Crippen molar-refractivity contribution in [2.45, 2.75) is 18.1 Å². The highest BCUT2D eigenvalue weighted by atomic mass is 32.2. The number of thiol groups is 1. The minimum Gasteiger partial charge on any atom is -0.341 e. The summed E-state index contributed by atoms with van der Waals surface area (Å²) in [6, 6.07) is 10.1. The molecule has 1 atom stereocenters. The Morgan fingerprint density at radius 2 is 2.06 bits per heavy atom. The molecule has 1 saturated heterocycles. The average Bonchev–Trinajstić information content (AvgIpc) is 2.68. The van der Waals surface area contributed by atoms with E-state index in [1.165, 1.54) is 11.3 Å². The van der Waals surface area contributed by atoms with Gasteiger partial charge in [-0.1, -0.05) is 30.3 Å². The Morgan fingerprint density at radius 1 is 1.28 bits per heavy atom. The molecule has 1 aliphatic rings. The number of benzene rings is 1. The first kappa shape index (κ1) is 13.8. The number of nitrogens with zero attached hydrogens (tertiary/aromatic N) is 1. The van der Waals surface area contributed by atoms with Crippen LogP contribution in [0.2, 0.25) is 0 Å². The third kappa shape index (κ3) is 3.95. The maximum atomic E-state index is 12.3. The number of carbonyl (C=O) groups is 1. The predicted octanol–water partition coefficient (Wildman–Crippen LogP) is 2.49. The van der Waals surface area contributed by atoms with Gasteiger partial charge in [-0.05, 0) is 24.2 Å². The van der Waals surface area contributed by atoms with Gasteiger partial charge in [-0.25, -0.2) is 0 Å². The molecule has 1 unspecified atom stereocenters. The lowest BCUT2D eigenvalue weighted by Gasteiger charge is -2.23. The van der Waals surface area contributed by atoms with E-state index in [9.17, 15) is 4.79 Å². The van der Waals surface area contributed by atoms with Crippen molar-refractivity contribution in [2.24, 2.45) is 0 Å². The molecule has 0 saturated carbocycles. The standard InChI is InChI=1S/C14H19NOS2/c16-14(15-7-4-9-18-10-8-15)13(17)11-12-5-2-1-3-6-12/h1-3,5-6,13,17H,4,7-11H2. The van der Waals surface area contributed by atoms with Crippen LogP contribution in [0.4, 0.5) is 0 Å². The SMILES string of the molecule is O=C(C(S)Cc1ccccc1)N1CCCSCC1. The normalized spacial score (nSPS) is 18.2. The van der Waals surface area contributed by atoms with Gasteiger partial charge in [0, 0.05) is 18.8 Å². The van der Waals surface area contributed by atoms with Gasteiger partial charge in [-0.15, -0.1) is 0 Å². The van der Waals surface area contributed by atoms with Crippen molar-refractivity contribution in [3.05, 3.63) is 35.9 Å². The first-order valence-electron chi connectivity index (χ1n) is 6.36. The molecule has 18 heavy (non-hydrogen) atoms. The van der Waals surface area contributed by atoms with E-state index in [1.807, 2.05) is 34.9 Å². The highest BCUT2D eigenvalue weighted by Gasteiger charge is 2.22. The topological polar surface area (TPSA) is 20.3 Å². The van der Waals surface area contributed by atoms with Crippen molar-refractivity contribution in [3.8, 4) is 0 Å². The van der Waals surface area contributed by atoms with Crippen molar-refractivity contribution in [1.29, 1.82) is 0 Å². The summed E-state index contributed by atoms with van der Waals surface area (Å²) in [4.78, 5) is 14.3. The molecule has 0 aromatic heterocycles. The van der Waals surface area contributed by atoms with E-state index in [0.717, 1.165) is 25.3 Å². The molecule has 0 spiro atoms. The van der Waals surface area contributed by atoms with Crippen LogP contribution in [0.25, 0.3) is 0 Å². The van der Waals surface area contributed by atoms with Crippen LogP contribution in [-0.2, 0) is 11.2 Å². The van der Waals surface area contributed by atoms with Crippen LogP contribution in [0.5, 0.6) is 0 Å². The van der Waals surface area contributed by atoms with Gasteiger partial charge >= 0.3 is 0 Å². The minimum absolute atomic E-state index is 0.185. The second kappa shape index (κ2) is 7.10. The van der Waals surface area contributed by atoms with Gasteiger partial charge in [0.1, 0.15) is 0 Å². The third-order valence-corrected chi connectivity index (χ3v) is 4.54. The van der Waals surface area contributed by atoms with Crippen molar-refractivity contribution in [3.63, 3.8) is 0 Å². The molecule has 4 heteroatoms. The molecule has 1 heterocycles. The van der Waals surface area contributed by atoms with Gasteiger partial charge in [-0.2, -0.15) is 24.4 Å². The molecule has 1 aromatic carbocycles. The Morgan fingerprint density at radius 3 is 2.83 bits per heavy atom. The van der Waals surface area contributed by atoms with Crippen LogP contribution in [-0.4, -0.2) is 40.7 Å². The zero-order valence-corrected chi connectivity index (χ0v) is 12.1. The zero-order valence-electron chi connectivity index (χ0n) is 10.4. The summed E-state index contributed by atoms with van der Waals surface area (Å²) in [5.74, 6) is 2.40. The van der Waals surface area contributed by atoms with Crippen LogP contribution in [0.1, 0.15) is 12.0 Å². The van der Waals surface area contributed by atoms with Crippen LogP contribution < -0.4 is 0 Å². The molecule has 1 amide bonds. The number of rotatable bonds is 3. The first-order valence-corrected chi connectivity index (χ1v) is 8.03. The Kier molecular flexibility index (Phi) is 5.45. The Labute approximate surface area is 119 Å². The number of thioether (sulfide) groups is 1. The summed E-state index contributed by atoms with van der Waals surface area (Å²) in [5, 5.41) is -0.213. The van der Waals surface area contributed by atoms with Gasteiger partial charge in [0.25, 0.3) is 0 Å². The summed E-state index contributed by atoms with van der Waals surface area (Å²) in [7, 11) is 0. The lowest BCUT2D eigenvalue weighted by molar-refractivity contribution is -0.130. The van der Waals surface area contributed by atoms with E-state index in [2.05, 4.69) is 24.8 Å². The molecule has 1 aliphatic heterocycles. The van der Waals surface area contributed by atoms with Crippen LogP contribution in [0, 0.1) is 0 Å². The number of hydrogen-bond acceptors (Lipinski definition) is 3. The molecule has 1 aromatic rings. The summed E-state index contributed by atoms with van der Waals surface area (Å²) < 4.78 is 0. The van der Waals surface area contributed by atoms with E-state index in [1.54, 1.807) is 0 Å². The van der Waals surface area contributed by atoms with Gasteiger partial charge in [0.05, 0.1) is 5.25 Å². The van der Waals surface area contributed by atoms with E-state index in [0.29, 0.717) is 6.42 Å². The van der Waals surface area contributed by atoms with Gasteiger partial charge in [0.15, 0.2) is 0 Å². The summed E-state index contributed by atoms with van der Waals surface area (Å²) >= 11 is 6.42. The maximum Gasteiger partial charge on any atom is 0.235 e. The summed E-state index contributed by atoms with van der Waals surface area (Å²) in [6.07, 6.45) is 1.81.